The van der Waals surface area contributed by atoms with E-state index in [9.17, 15) is 20.4 Å². The molecule has 0 unspecified atom stereocenters. The molecule has 0 saturated heterocycles. The number of aliphatic hydroxyl groups is 3. The summed E-state index contributed by atoms with van der Waals surface area (Å²) in [5.41, 5.74) is 15.8. The Kier molecular flexibility index (Phi) is 14.6. The lowest BCUT2D eigenvalue weighted by atomic mass is 9.27. The summed E-state index contributed by atoms with van der Waals surface area (Å²) in [7, 11) is 0. The normalized spacial score (nSPS) is 41.3. The molecule has 19 aliphatic rings. The first-order valence-electron chi connectivity index (χ1n) is 38.6. The van der Waals surface area contributed by atoms with E-state index < -0.39 is 45.8 Å². The van der Waals surface area contributed by atoms with Gasteiger partial charge >= 0.3 is 5.97 Å². The van der Waals surface area contributed by atoms with Gasteiger partial charge in [0.25, 0.3) is 0 Å². The van der Waals surface area contributed by atoms with Gasteiger partial charge in [0.2, 0.25) is 0 Å². The third kappa shape index (κ3) is 8.51. The monoisotopic (exact) mass is 1270 g/mol. The number of fused-ring (bicyclic) bond motifs is 2. The fourth-order valence-corrected chi connectivity index (χ4v) is 27.6. The van der Waals surface area contributed by atoms with Crippen LogP contribution in [0.2, 0.25) is 0 Å². The number of dihydropyridines is 1. The summed E-state index contributed by atoms with van der Waals surface area (Å²) in [5.74, 6) is 1.48. The molecule has 5 fully saturated rings. The summed E-state index contributed by atoms with van der Waals surface area (Å²) in [4.78, 5) is 15.3. The van der Waals surface area contributed by atoms with Crippen LogP contribution in [-0.2, 0) is 30.5 Å². The topological polar surface area (TPSA) is 122 Å². The van der Waals surface area contributed by atoms with Gasteiger partial charge in [-0.2, -0.15) is 0 Å². The van der Waals surface area contributed by atoms with Crippen molar-refractivity contribution in [2.24, 2.45) is 91.2 Å². The summed E-state index contributed by atoms with van der Waals surface area (Å²) in [5, 5.41) is 62.3. The quantitative estimate of drug-likeness (QED) is 0.0755. The Bertz CT molecular complexity index is 4090. The Morgan fingerprint density at radius 3 is 2.47 bits per heavy atom. The molecule has 0 amide bonds. The first-order valence-corrected chi connectivity index (χ1v) is 38.6. The zero-order valence-electron chi connectivity index (χ0n) is 57.3. The van der Waals surface area contributed by atoms with Crippen LogP contribution in [0.1, 0.15) is 203 Å². The number of carbonyl (C=O) groups is 1. The van der Waals surface area contributed by atoms with Crippen molar-refractivity contribution in [3.8, 4) is 0 Å². The van der Waals surface area contributed by atoms with E-state index >= 15 is 4.79 Å². The third-order valence-electron chi connectivity index (χ3n) is 31.1. The van der Waals surface area contributed by atoms with Crippen LogP contribution >= 0.6 is 0 Å². The van der Waals surface area contributed by atoms with E-state index in [0.717, 1.165) is 121 Å². The van der Waals surface area contributed by atoms with Gasteiger partial charge in [0, 0.05) is 46.1 Å². The molecule has 95 heavy (non-hydrogen) atoms. The van der Waals surface area contributed by atoms with E-state index in [2.05, 4.69) is 147 Å². The van der Waals surface area contributed by atoms with Crippen LogP contribution in [-0.4, -0.2) is 51.7 Å². The lowest BCUT2D eigenvalue weighted by molar-refractivity contribution is -0.184. The van der Waals surface area contributed by atoms with Crippen LogP contribution in [0.3, 0.4) is 0 Å². The molecular weight excluding hydrogens is 1160 g/mol. The average molecular weight is 1270 g/mol. The minimum absolute atomic E-state index is 0.0897. The molecule has 5 saturated carbocycles. The SMILES string of the molecule is CCCCCc1ccccc1C[C@H]1CC[C@@]2(CC[C@H]3[C@H]2C=C[C@]24[C@H](O)C[C@]35C3=C(CC[C@]25C)[C@@]25[C@@H]6C7=C[C@]8(C=CC[C@](C)([C@@H](O)C[C@H]2C=C2CCc9cccc(c9=C26)=C7Cc2cccc(c2)C2=CC=C(NCCC[C@@H](C6CCCCC6)/C(=C/O)CC[C@H]4C(=O)O)NC2)[C@H]85)C3)C1. The van der Waals surface area contributed by atoms with Crippen molar-refractivity contribution < 1.29 is 25.2 Å². The van der Waals surface area contributed by atoms with Crippen LogP contribution in [0.25, 0.3) is 16.7 Å². The highest BCUT2D eigenvalue weighted by atomic mass is 16.4. The summed E-state index contributed by atoms with van der Waals surface area (Å²) in [6, 6.07) is 26.1. The van der Waals surface area contributed by atoms with Crippen molar-refractivity contribution in [1.82, 2.24) is 10.6 Å². The Morgan fingerprint density at radius 2 is 1.64 bits per heavy atom. The second-order valence-electron chi connectivity index (χ2n) is 34.6. The van der Waals surface area contributed by atoms with Crippen molar-refractivity contribution >= 4 is 22.7 Å². The van der Waals surface area contributed by atoms with Crippen LogP contribution in [0.4, 0.5) is 0 Å². The number of benzene rings is 3. The summed E-state index contributed by atoms with van der Waals surface area (Å²) < 4.78 is 0. The molecule has 6 aliphatic heterocycles. The Balaban J connectivity index is 0.860. The number of hydrogen-bond donors (Lipinski definition) is 6. The molecule has 0 radical (unpaired) electrons. The number of carboxylic acids is 1. The van der Waals surface area contributed by atoms with E-state index in [1.807, 2.05) is 0 Å². The number of allylic oxidation sites excluding steroid dienone is 12. The van der Waals surface area contributed by atoms with E-state index in [1.54, 1.807) is 27.9 Å². The number of rotatable bonds is 8. The molecular formula is C88H106N2O5. The Morgan fingerprint density at radius 1 is 0.789 bits per heavy atom. The van der Waals surface area contributed by atoms with Crippen LogP contribution in [0.15, 0.2) is 155 Å². The number of unbranched alkanes of at least 4 members (excludes halogenated alkanes) is 2. The molecule has 22 rings (SSSR count). The lowest BCUT2D eigenvalue weighted by Gasteiger charge is -2.76. The molecule has 6 heterocycles. The van der Waals surface area contributed by atoms with Crippen molar-refractivity contribution in [2.45, 2.75) is 213 Å². The zero-order chi connectivity index (χ0) is 64.4. The predicted molar refractivity (Wildman–Crippen MR) is 380 cm³/mol. The fourth-order valence-electron chi connectivity index (χ4n) is 27.6. The fraction of sp³-hybridized carbons (Fsp3) is 0.580. The minimum Gasteiger partial charge on any atom is -0.516 e. The molecule has 3 spiro atoms. The number of aliphatic hydroxyl groups excluding tert-OH is 3. The third-order valence-corrected chi connectivity index (χ3v) is 31.1. The maximum Gasteiger partial charge on any atom is 0.307 e. The van der Waals surface area contributed by atoms with E-state index in [4.69, 9.17) is 0 Å². The summed E-state index contributed by atoms with van der Waals surface area (Å²) >= 11 is 0. The first kappa shape index (κ1) is 61.4. The molecule has 498 valence electrons. The van der Waals surface area contributed by atoms with Gasteiger partial charge in [-0.25, -0.2) is 0 Å². The Labute approximate surface area is 566 Å². The number of nitrogens with one attached hydrogen (secondary N) is 2. The van der Waals surface area contributed by atoms with Crippen molar-refractivity contribution in [1.29, 1.82) is 0 Å². The standard InChI is InChI=1S/C88H106N2O5/c1-4-5-7-17-56-18-10-11-21-59(56)44-55-32-39-84(48-55)40-34-70-69(84)35-41-86-72(80(94)95)30-28-63(53-91)65(57-19-8-6-9-20-57)25-14-42-89-76-31-29-62(52-90-76)60-23-12-16-54(43-60)45-67-66-24-13-22-58-26-27-61-46-64-47-74(92)82(2)36-15-37-85-49-68(67)79(78(61)77(58)66)88(64,81(82)85)71-33-38-83(86,3)87(70,51-75(86)93)73(71)50-85/h10-13,15-16,18,21-24,29,31,35,37,41,43,46,49,53,55,57,64-65,69-70,72,74-75,79,81,89-93H,4-9,14,17,19-20,25-28,30,32-34,36,38-40,42,44-45,47-48,50-52H2,1-3H3,(H,94,95)/b63-53+/t55-,64-,65+,69-,70+,72+,74+,75-,79-,81-,82-,83-,84-,85-,86+,87-,88-/m1/s1. The number of hydrogen-bond acceptors (Lipinski definition) is 6. The van der Waals surface area contributed by atoms with Gasteiger partial charge in [0.05, 0.1) is 30.2 Å². The Hall–Kier alpha value is -5.89. The lowest BCUT2D eigenvalue weighted by Crippen LogP contribution is -2.72. The molecule has 6 N–H and O–H groups in total. The van der Waals surface area contributed by atoms with Gasteiger partial charge in [-0.15, -0.1) is 0 Å². The maximum absolute atomic E-state index is 15.3. The zero-order valence-corrected chi connectivity index (χ0v) is 57.3. The van der Waals surface area contributed by atoms with Gasteiger partial charge in [0.15, 0.2) is 0 Å². The average Bonchev–Trinajstić information content (AvgIpc) is 1.61. The highest BCUT2D eigenvalue weighted by Crippen LogP contribution is 2.87. The molecule has 3 aromatic rings. The largest absolute Gasteiger partial charge is 0.516 e. The van der Waals surface area contributed by atoms with E-state index in [1.165, 1.54) is 120 Å². The highest BCUT2D eigenvalue weighted by molar-refractivity contribution is 5.87. The van der Waals surface area contributed by atoms with Crippen LogP contribution in [0, 0.1) is 91.2 Å². The molecule has 0 aromatic heterocycles. The van der Waals surface area contributed by atoms with Crippen molar-refractivity contribution in [3.05, 3.63) is 194 Å². The molecule has 17 atom stereocenters. The van der Waals surface area contributed by atoms with Crippen LogP contribution in [0.5, 0.6) is 0 Å². The van der Waals surface area contributed by atoms with Crippen LogP contribution < -0.4 is 21.1 Å². The minimum atomic E-state index is -1.05. The van der Waals surface area contributed by atoms with E-state index in [-0.39, 0.29) is 51.8 Å². The van der Waals surface area contributed by atoms with Gasteiger partial charge in [0.1, 0.15) is 0 Å². The highest BCUT2D eigenvalue weighted by Gasteiger charge is 2.82. The molecule has 13 aliphatic carbocycles. The van der Waals surface area contributed by atoms with Gasteiger partial charge in [-0.1, -0.05) is 173 Å². The number of aliphatic carboxylic acids is 1. The predicted octanol–water partition coefficient (Wildman–Crippen LogP) is 16.5. The van der Waals surface area contributed by atoms with Crippen molar-refractivity contribution in [2.75, 3.05) is 13.1 Å². The molecule has 7 heteroatoms. The molecule has 14 bridgehead atoms. The van der Waals surface area contributed by atoms with E-state index in [0.29, 0.717) is 31.1 Å². The second kappa shape index (κ2) is 22.6. The summed E-state index contributed by atoms with van der Waals surface area (Å²) in [6.07, 6.45) is 48.8. The molecule has 3 aromatic carbocycles. The van der Waals surface area contributed by atoms with Gasteiger partial charge in [-0.3, -0.25) is 4.79 Å². The van der Waals surface area contributed by atoms with Crippen molar-refractivity contribution in [3.63, 3.8) is 0 Å². The van der Waals surface area contributed by atoms with Gasteiger partial charge < -0.3 is 31.1 Å². The second-order valence-corrected chi connectivity index (χ2v) is 34.6. The van der Waals surface area contributed by atoms with Gasteiger partial charge in [-0.05, 0) is 278 Å². The molecule has 7 nitrogen and oxygen atoms in total. The number of carboxylic acid groups (broad SMARTS) is 1. The number of aryl methyl sites for hydroxylation is 2. The maximum atomic E-state index is 15.3. The summed E-state index contributed by atoms with van der Waals surface area (Å²) in [6.45, 7) is 8.93. The first-order chi connectivity index (χ1) is 46.2. The smallest absolute Gasteiger partial charge is 0.307 e.